The molecule has 0 spiro atoms. The molecule has 0 aromatic heterocycles. The van der Waals surface area contributed by atoms with Crippen LogP contribution in [0.4, 0.5) is 5.69 Å². The molecule has 2 amide bonds. The maximum Gasteiger partial charge on any atom is 0.264 e. The van der Waals surface area contributed by atoms with Gasteiger partial charge in [0.25, 0.3) is 10.0 Å². The molecule has 0 aliphatic rings. The molecule has 1 atom stereocenters. The van der Waals surface area contributed by atoms with Gasteiger partial charge in [0.05, 0.1) is 24.8 Å². The van der Waals surface area contributed by atoms with Crippen molar-refractivity contribution in [2.45, 2.75) is 51.6 Å². The van der Waals surface area contributed by atoms with Crippen LogP contribution >= 0.6 is 0 Å². The zero-order valence-electron chi connectivity index (χ0n) is 27.8. The molecule has 4 rings (SSSR count). The molecule has 9 nitrogen and oxygen atoms in total. The molecule has 47 heavy (non-hydrogen) atoms. The quantitative estimate of drug-likeness (QED) is 0.189. The summed E-state index contributed by atoms with van der Waals surface area (Å²) in [5.41, 5.74) is 4.67. The van der Waals surface area contributed by atoms with Crippen molar-refractivity contribution in [3.63, 3.8) is 0 Å². The molecule has 0 heterocycles. The number of likely N-dealkylation sites (N-methyl/N-ethyl adjacent to an activating group) is 1. The lowest BCUT2D eigenvalue weighted by molar-refractivity contribution is -0.140. The van der Waals surface area contributed by atoms with Crippen molar-refractivity contribution in [1.29, 1.82) is 0 Å². The van der Waals surface area contributed by atoms with E-state index in [9.17, 15) is 18.0 Å². The van der Waals surface area contributed by atoms with E-state index in [0.717, 1.165) is 32.1 Å². The lowest BCUT2D eigenvalue weighted by atomic mass is 10.0. The van der Waals surface area contributed by atoms with Crippen LogP contribution in [0, 0.1) is 20.8 Å². The highest BCUT2D eigenvalue weighted by molar-refractivity contribution is 7.92. The SMILES string of the molecule is CCNC(=O)C(Cc1ccccc1)N(Cc1ccccc1C)C(=O)CN(c1cc(C)cc(C)c1)S(=O)(=O)c1ccc(OC)c(OC)c1. The summed E-state index contributed by atoms with van der Waals surface area (Å²) in [4.78, 5) is 29.8. The van der Waals surface area contributed by atoms with Gasteiger partial charge in [0.15, 0.2) is 11.5 Å². The zero-order chi connectivity index (χ0) is 34.1. The summed E-state index contributed by atoms with van der Waals surface area (Å²) in [7, 11) is -1.42. The average Bonchev–Trinajstić information content (AvgIpc) is 3.05. The van der Waals surface area contributed by atoms with Crippen LogP contribution in [0.5, 0.6) is 11.5 Å². The number of nitrogens with one attached hydrogen (secondary N) is 1. The molecule has 10 heteroatoms. The van der Waals surface area contributed by atoms with Crippen LogP contribution in [-0.2, 0) is 32.6 Å². The molecular weight excluding hydrogens is 614 g/mol. The van der Waals surface area contributed by atoms with Crippen molar-refractivity contribution in [1.82, 2.24) is 10.2 Å². The normalized spacial score (nSPS) is 11.8. The molecule has 4 aromatic carbocycles. The fourth-order valence-corrected chi connectivity index (χ4v) is 6.96. The third-order valence-corrected chi connectivity index (χ3v) is 9.71. The second kappa shape index (κ2) is 15.6. The molecule has 248 valence electrons. The first kappa shape index (κ1) is 35.0. The van der Waals surface area contributed by atoms with Crippen LogP contribution in [0.3, 0.4) is 0 Å². The number of benzene rings is 4. The molecule has 1 unspecified atom stereocenters. The van der Waals surface area contributed by atoms with Gasteiger partial charge >= 0.3 is 0 Å². The van der Waals surface area contributed by atoms with E-state index in [-0.39, 0.29) is 29.5 Å². The second-order valence-corrected chi connectivity index (χ2v) is 13.3. The highest BCUT2D eigenvalue weighted by Gasteiger charge is 2.35. The first-order chi connectivity index (χ1) is 22.5. The number of sulfonamides is 1. The minimum Gasteiger partial charge on any atom is -0.493 e. The first-order valence-electron chi connectivity index (χ1n) is 15.5. The number of hydrogen-bond acceptors (Lipinski definition) is 6. The van der Waals surface area contributed by atoms with Crippen LogP contribution in [0.25, 0.3) is 0 Å². The Kier molecular flexibility index (Phi) is 11.7. The highest BCUT2D eigenvalue weighted by atomic mass is 32.2. The van der Waals surface area contributed by atoms with E-state index >= 15 is 0 Å². The molecule has 0 fully saturated rings. The molecule has 0 aliphatic heterocycles. The summed E-state index contributed by atoms with van der Waals surface area (Å²) in [5.74, 6) is -0.237. The van der Waals surface area contributed by atoms with Gasteiger partial charge in [-0.25, -0.2) is 8.42 Å². The largest absolute Gasteiger partial charge is 0.493 e. The topological polar surface area (TPSA) is 105 Å². The van der Waals surface area contributed by atoms with E-state index in [4.69, 9.17) is 9.47 Å². The number of methoxy groups -OCH3 is 2. The Bertz CT molecular complexity index is 1790. The number of carbonyl (C=O) groups is 2. The van der Waals surface area contributed by atoms with E-state index in [0.29, 0.717) is 18.0 Å². The summed E-state index contributed by atoms with van der Waals surface area (Å²) in [6, 6.07) is 25.9. The van der Waals surface area contributed by atoms with Gasteiger partial charge in [0.1, 0.15) is 12.6 Å². The fraction of sp³-hybridized carbons (Fsp3) is 0.297. The monoisotopic (exact) mass is 657 g/mol. The number of ether oxygens (including phenoxy) is 2. The molecule has 0 bridgehead atoms. The first-order valence-corrected chi connectivity index (χ1v) is 16.9. The molecule has 0 aliphatic carbocycles. The Morgan fingerprint density at radius 2 is 1.45 bits per heavy atom. The lowest BCUT2D eigenvalue weighted by Gasteiger charge is -2.34. The van der Waals surface area contributed by atoms with E-state index in [1.807, 2.05) is 88.4 Å². The third-order valence-electron chi connectivity index (χ3n) is 7.94. The molecule has 0 saturated carbocycles. The van der Waals surface area contributed by atoms with E-state index in [2.05, 4.69) is 5.32 Å². The van der Waals surface area contributed by atoms with E-state index in [1.54, 1.807) is 12.1 Å². The van der Waals surface area contributed by atoms with Crippen molar-refractivity contribution in [3.8, 4) is 11.5 Å². The number of hydrogen-bond donors (Lipinski definition) is 1. The average molecular weight is 658 g/mol. The Balaban J connectivity index is 1.85. The maximum atomic E-state index is 14.6. The Hall–Kier alpha value is -4.83. The number of amides is 2. The van der Waals surface area contributed by atoms with Gasteiger partial charge in [0, 0.05) is 25.6 Å². The van der Waals surface area contributed by atoms with Crippen molar-refractivity contribution in [3.05, 3.63) is 119 Å². The molecule has 1 N–H and O–H groups in total. The lowest BCUT2D eigenvalue weighted by Crippen LogP contribution is -2.53. The summed E-state index contributed by atoms with van der Waals surface area (Å²) in [6.07, 6.45) is 0.246. The summed E-state index contributed by atoms with van der Waals surface area (Å²) in [5, 5.41) is 2.89. The fourth-order valence-electron chi connectivity index (χ4n) is 5.54. The summed E-state index contributed by atoms with van der Waals surface area (Å²) < 4.78 is 40.8. The van der Waals surface area contributed by atoms with Gasteiger partial charge in [-0.2, -0.15) is 0 Å². The van der Waals surface area contributed by atoms with Crippen LogP contribution in [-0.4, -0.2) is 58.5 Å². The van der Waals surface area contributed by atoms with Gasteiger partial charge in [0.2, 0.25) is 11.8 Å². The standard InChI is InChI=1S/C37H43N3O6S/c1-7-38-37(42)33(22-29-14-9-8-10-15-29)39(24-30-16-12-11-13-28(30)4)36(41)25-40(31-20-26(2)19-27(3)21-31)47(43,44)32-17-18-34(45-5)35(23-32)46-6/h8-21,23,33H,7,22,24-25H2,1-6H3,(H,38,42). The smallest absolute Gasteiger partial charge is 0.264 e. The molecule has 0 saturated heterocycles. The van der Waals surface area contributed by atoms with Crippen molar-refractivity contribution in [2.24, 2.45) is 0 Å². The predicted molar refractivity (Wildman–Crippen MR) is 184 cm³/mol. The van der Waals surface area contributed by atoms with Gasteiger partial charge in [-0.15, -0.1) is 0 Å². The Morgan fingerprint density at radius 3 is 2.06 bits per heavy atom. The molecule has 4 aromatic rings. The van der Waals surface area contributed by atoms with Crippen molar-refractivity contribution >= 4 is 27.5 Å². The van der Waals surface area contributed by atoms with Crippen LogP contribution in [0.2, 0.25) is 0 Å². The van der Waals surface area contributed by atoms with Gasteiger partial charge < -0.3 is 19.7 Å². The van der Waals surface area contributed by atoms with E-state index in [1.165, 1.54) is 37.3 Å². The number of carbonyl (C=O) groups excluding carboxylic acids is 2. The third kappa shape index (κ3) is 8.51. The Labute approximate surface area is 278 Å². The maximum absolute atomic E-state index is 14.6. The minimum atomic E-state index is -4.32. The number of rotatable bonds is 14. The Morgan fingerprint density at radius 1 is 0.809 bits per heavy atom. The van der Waals surface area contributed by atoms with Gasteiger partial charge in [-0.3, -0.25) is 13.9 Å². The van der Waals surface area contributed by atoms with Crippen LogP contribution in [0.15, 0.2) is 95.9 Å². The summed E-state index contributed by atoms with van der Waals surface area (Å²) >= 11 is 0. The predicted octanol–water partition coefficient (Wildman–Crippen LogP) is 5.60. The van der Waals surface area contributed by atoms with Gasteiger partial charge in [-0.05, 0) is 79.8 Å². The number of nitrogens with zero attached hydrogens (tertiary/aromatic N) is 2. The molecule has 0 radical (unpaired) electrons. The second-order valence-electron chi connectivity index (χ2n) is 11.4. The van der Waals surface area contributed by atoms with E-state index < -0.39 is 28.5 Å². The summed E-state index contributed by atoms with van der Waals surface area (Å²) in [6.45, 7) is 7.44. The molecular formula is C37H43N3O6S. The van der Waals surface area contributed by atoms with Crippen LogP contribution < -0.4 is 19.1 Å². The van der Waals surface area contributed by atoms with Crippen molar-refractivity contribution in [2.75, 3.05) is 31.6 Å². The minimum absolute atomic E-state index is 0.0721. The van der Waals surface area contributed by atoms with Crippen LogP contribution in [0.1, 0.15) is 34.7 Å². The van der Waals surface area contributed by atoms with Crippen molar-refractivity contribution < 1.29 is 27.5 Å². The number of anilines is 1. The van der Waals surface area contributed by atoms with Gasteiger partial charge in [-0.1, -0.05) is 60.7 Å². The number of aryl methyl sites for hydroxylation is 3. The zero-order valence-corrected chi connectivity index (χ0v) is 28.6. The highest BCUT2D eigenvalue weighted by Crippen LogP contribution is 2.33.